The van der Waals surface area contributed by atoms with Gasteiger partial charge < -0.3 is 10.1 Å². The van der Waals surface area contributed by atoms with E-state index in [1.54, 1.807) is 11.8 Å². The van der Waals surface area contributed by atoms with E-state index in [0.29, 0.717) is 0 Å². The Kier molecular flexibility index (Phi) is 5.97. The van der Waals surface area contributed by atoms with Gasteiger partial charge in [0.05, 0.1) is 12.7 Å². The third kappa shape index (κ3) is 4.99. The number of morpholine rings is 1. The molecule has 0 saturated carbocycles. The number of nitrogens with one attached hydrogen (secondary N) is 1. The first-order valence-electron chi connectivity index (χ1n) is 8.09. The van der Waals surface area contributed by atoms with Gasteiger partial charge in [-0.15, -0.1) is 11.8 Å². The van der Waals surface area contributed by atoms with Crippen LogP contribution in [0, 0.1) is 0 Å². The van der Waals surface area contributed by atoms with Gasteiger partial charge in [-0.2, -0.15) is 0 Å². The largest absolute Gasteiger partial charge is 0.382 e. The molecule has 0 bridgehead atoms. The molecule has 3 nitrogen and oxygen atoms in total. The Morgan fingerprint density at radius 2 is 2.04 bits per heavy atom. The van der Waals surface area contributed by atoms with Crippen molar-refractivity contribution < 1.29 is 4.74 Å². The van der Waals surface area contributed by atoms with Crippen LogP contribution in [0.2, 0.25) is 0 Å². The number of nitrogens with zero attached hydrogens (tertiary/aromatic N) is 1. The molecule has 2 aromatic carbocycles. The van der Waals surface area contributed by atoms with Crippen molar-refractivity contribution in [1.82, 2.24) is 4.90 Å². The highest BCUT2D eigenvalue weighted by atomic mass is 32.2. The third-order valence-electron chi connectivity index (χ3n) is 4.08. The molecule has 1 aliphatic heterocycles. The van der Waals surface area contributed by atoms with E-state index in [2.05, 4.69) is 71.1 Å². The molecule has 1 heterocycles. The molecule has 3 rings (SSSR count). The zero-order valence-corrected chi connectivity index (χ0v) is 14.4. The van der Waals surface area contributed by atoms with Gasteiger partial charge >= 0.3 is 0 Å². The number of rotatable bonds is 6. The average molecular weight is 328 g/mol. The van der Waals surface area contributed by atoms with Crippen LogP contribution in [0.5, 0.6) is 0 Å². The molecular formula is C19H24N2OS. The van der Waals surface area contributed by atoms with Crippen molar-refractivity contribution in [3.05, 3.63) is 60.2 Å². The molecule has 1 atom stereocenters. The highest BCUT2D eigenvalue weighted by Crippen LogP contribution is 2.19. The maximum Gasteiger partial charge on any atom is 0.0874 e. The lowest BCUT2D eigenvalue weighted by Gasteiger charge is -2.33. The van der Waals surface area contributed by atoms with Crippen molar-refractivity contribution in [1.29, 1.82) is 0 Å². The highest BCUT2D eigenvalue weighted by Gasteiger charge is 2.20. The molecule has 122 valence electrons. The Hall–Kier alpha value is -1.49. The maximum atomic E-state index is 5.91. The number of hydrogen-bond acceptors (Lipinski definition) is 4. The fraction of sp³-hybridized carbons (Fsp3) is 0.368. The number of anilines is 1. The smallest absolute Gasteiger partial charge is 0.0874 e. The van der Waals surface area contributed by atoms with Crippen LogP contribution in [0.15, 0.2) is 59.5 Å². The summed E-state index contributed by atoms with van der Waals surface area (Å²) in [5.41, 5.74) is 2.54. The Labute approximate surface area is 143 Å². The molecule has 0 spiro atoms. The number of ether oxygens (including phenoxy) is 1. The Morgan fingerprint density at radius 3 is 2.87 bits per heavy atom. The third-order valence-corrected chi connectivity index (χ3v) is 4.80. The van der Waals surface area contributed by atoms with Gasteiger partial charge in [0.2, 0.25) is 0 Å². The summed E-state index contributed by atoms with van der Waals surface area (Å²) >= 11 is 1.77. The topological polar surface area (TPSA) is 24.5 Å². The fourth-order valence-electron chi connectivity index (χ4n) is 2.85. The molecule has 1 unspecified atom stereocenters. The molecular weight excluding hydrogens is 304 g/mol. The monoisotopic (exact) mass is 328 g/mol. The standard InChI is InChI=1S/C19H24N2OS/c1-23-19-9-5-8-17(12-19)20-13-18-15-21(10-11-22-18)14-16-6-3-2-4-7-16/h2-9,12,18,20H,10-11,13-15H2,1H3. The van der Waals surface area contributed by atoms with Crippen LogP contribution < -0.4 is 5.32 Å². The van der Waals surface area contributed by atoms with E-state index in [1.807, 2.05) is 0 Å². The minimum atomic E-state index is 0.241. The number of hydrogen-bond donors (Lipinski definition) is 1. The van der Waals surface area contributed by atoms with Crippen LogP contribution in [-0.4, -0.2) is 43.5 Å². The molecule has 1 saturated heterocycles. The fourth-order valence-corrected chi connectivity index (χ4v) is 3.31. The summed E-state index contributed by atoms with van der Waals surface area (Å²) in [7, 11) is 0. The summed E-state index contributed by atoms with van der Waals surface area (Å²) in [6, 6.07) is 19.2. The van der Waals surface area contributed by atoms with E-state index >= 15 is 0 Å². The van der Waals surface area contributed by atoms with E-state index in [-0.39, 0.29) is 6.10 Å². The minimum Gasteiger partial charge on any atom is -0.382 e. The van der Waals surface area contributed by atoms with Crippen molar-refractivity contribution in [2.45, 2.75) is 17.5 Å². The molecule has 4 heteroatoms. The first-order chi connectivity index (χ1) is 11.3. The normalized spacial score (nSPS) is 18.7. The summed E-state index contributed by atoms with van der Waals surface area (Å²) in [5.74, 6) is 0. The second kappa shape index (κ2) is 8.39. The lowest BCUT2D eigenvalue weighted by molar-refractivity contribution is -0.0240. The summed E-state index contributed by atoms with van der Waals surface area (Å²) in [4.78, 5) is 3.76. The Balaban J connectivity index is 1.50. The van der Waals surface area contributed by atoms with Crippen LogP contribution in [0.1, 0.15) is 5.56 Å². The molecule has 0 amide bonds. The number of benzene rings is 2. The van der Waals surface area contributed by atoms with E-state index in [9.17, 15) is 0 Å². The average Bonchev–Trinajstić information content (AvgIpc) is 2.61. The van der Waals surface area contributed by atoms with Crippen LogP contribution in [0.4, 0.5) is 5.69 Å². The highest BCUT2D eigenvalue weighted by molar-refractivity contribution is 7.98. The van der Waals surface area contributed by atoms with Gasteiger partial charge in [-0.1, -0.05) is 36.4 Å². The molecule has 0 aromatic heterocycles. The van der Waals surface area contributed by atoms with Crippen LogP contribution in [0.25, 0.3) is 0 Å². The predicted octanol–water partition coefficient (Wildman–Crippen LogP) is 3.72. The Bertz CT molecular complexity index is 605. The van der Waals surface area contributed by atoms with Crippen LogP contribution >= 0.6 is 11.8 Å². The maximum absolute atomic E-state index is 5.91. The molecule has 1 aliphatic rings. The van der Waals surface area contributed by atoms with Gasteiger partial charge in [-0.3, -0.25) is 4.90 Å². The molecule has 23 heavy (non-hydrogen) atoms. The van der Waals surface area contributed by atoms with E-state index in [4.69, 9.17) is 4.74 Å². The lowest BCUT2D eigenvalue weighted by Crippen LogP contribution is -2.44. The lowest BCUT2D eigenvalue weighted by atomic mass is 10.2. The second-order valence-electron chi connectivity index (χ2n) is 5.83. The summed E-state index contributed by atoms with van der Waals surface area (Å²) < 4.78 is 5.91. The van der Waals surface area contributed by atoms with Crippen LogP contribution in [-0.2, 0) is 11.3 Å². The molecule has 1 fully saturated rings. The number of thioether (sulfide) groups is 1. The van der Waals surface area contributed by atoms with Crippen molar-refractivity contribution in [3.8, 4) is 0 Å². The Morgan fingerprint density at radius 1 is 1.17 bits per heavy atom. The molecule has 2 aromatic rings. The van der Waals surface area contributed by atoms with Gasteiger partial charge in [0.1, 0.15) is 0 Å². The van der Waals surface area contributed by atoms with E-state index < -0.39 is 0 Å². The van der Waals surface area contributed by atoms with E-state index in [0.717, 1.165) is 32.8 Å². The predicted molar refractivity (Wildman–Crippen MR) is 98.2 cm³/mol. The van der Waals surface area contributed by atoms with Crippen molar-refractivity contribution >= 4 is 17.4 Å². The summed E-state index contributed by atoms with van der Waals surface area (Å²) in [5, 5.41) is 3.51. The van der Waals surface area contributed by atoms with Crippen molar-refractivity contribution in [2.75, 3.05) is 37.8 Å². The molecule has 1 N–H and O–H groups in total. The quantitative estimate of drug-likeness (QED) is 0.817. The zero-order valence-electron chi connectivity index (χ0n) is 13.6. The van der Waals surface area contributed by atoms with Crippen LogP contribution in [0.3, 0.4) is 0 Å². The van der Waals surface area contributed by atoms with Gasteiger partial charge in [-0.25, -0.2) is 0 Å². The van der Waals surface area contributed by atoms with E-state index in [1.165, 1.54) is 16.1 Å². The molecule has 0 aliphatic carbocycles. The van der Waals surface area contributed by atoms with Gasteiger partial charge in [0.15, 0.2) is 0 Å². The summed E-state index contributed by atoms with van der Waals surface area (Å²) in [6.07, 6.45) is 2.34. The first kappa shape index (κ1) is 16.4. The van der Waals surface area contributed by atoms with Crippen molar-refractivity contribution in [3.63, 3.8) is 0 Å². The minimum absolute atomic E-state index is 0.241. The van der Waals surface area contributed by atoms with Gasteiger partial charge in [-0.05, 0) is 30.0 Å². The van der Waals surface area contributed by atoms with Gasteiger partial charge in [0.25, 0.3) is 0 Å². The zero-order chi connectivity index (χ0) is 15.9. The summed E-state index contributed by atoms with van der Waals surface area (Å²) in [6.45, 7) is 4.65. The SMILES string of the molecule is CSc1cccc(NCC2CN(Cc3ccccc3)CCO2)c1. The van der Waals surface area contributed by atoms with Gasteiger partial charge in [0, 0.05) is 36.8 Å². The molecule has 0 radical (unpaired) electrons. The second-order valence-corrected chi connectivity index (χ2v) is 6.71. The van der Waals surface area contributed by atoms with Crippen molar-refractivity contribution in [2.24, 2.45) is 0 Å². The first-order valence-corrected chi connectivity index (χ1v) is 9.32.